The third-order valence-corrected chi connectivity index (χ3v) is 9.04. The van der Waals surface area contributed by atoms with Crippen LogP contribution in [0.1, 0.15) is 69.2 Å². The number of allylic oxidation sites excluding steroid dienone is 4. The molecular weight excluding hydrogens is 358 g/mol. The summed E-state index contributed by atoms with van der Waals surface area (Å²) in [5.41, 5.74) is 8.74. The molecule has 0 radical (unpaired) electrons. The lowest BCUT2D eigenvalue weighted by molar-refractivity contribution is -0.0835. The van der Waals surface area contributed by atoms with Gasteiger partial charge < -0.3 is 5.43 Å². The Morgan fingerprint density at radius 2 is 1.90 bits per heavy atom. The maximum absolute atomic E-state index is 12.5. The van der Waals surface area contributed by atoms with E-state index in [4.69, 9.17) is 0 Å². The molecule has 0 unspecified atom stereocenters. The SMILES string of the molecule is C[C@]12CC=CC[C@@H]1CC[C@H]1[C@@H]2CC[C@@]2(C)C(NNC(=O)c3ccncc3)=CC[C@@H]12. The summed E-state index contributed by atoms with van der Waals surface area (Å²) in [5.74, 6) is 3.14. The van der Waals surface area contributed by atoms with E-state index in [1.807, 2.05) is 0 Å². The summed E-state index contributed by atoms with van der Waals surface area (Å²) in [7, 11) is 0. The molecule has 0 spiro atoms. The minimum atomic E-state index is -0.101. The topological polar surface area (TPSA) is 54.0 Å². The third kappa shape index (κ3) is 2.94. The second-order valence-electron chi connectivity index (χ2n) is 10.2. The highest BCUT2D eigenvalue weighted by Gasteiger charge is 2.57. The van der Waals surface area contributed by atoms with Gasteiger partial charge in [-0.1, -0.05) is 32.1 Å². The van der Waals surface area contributed by atoms with E-state index in [0.29, 0.717) is 16.9 Å². The van der Waals surface area contributed by atoms with E-state index in [1.54, 1.807) is 24.5 Å². The van der Waals surface area contributed by atoms with E-state index in [-0.39, 0.29) is 11.3 Å². The van der Waals surface area contributed by atoms with Crippen LogP contribution in [-0.4, -0.2) is 10.9 Å². The number of carbonyl (C=O) groups excluding carboxylic acids is 1. The number of hydrogen-bond acceptors (Lipinski definition) is 3. The summed E-state index contributed by atoms with van der Waals surface area (Å²) in [6.07, 6.45) is 19.5. The van der Waals surface area contributed by atoms with Gasteiger partial charge in [0, 0.05) is 29.1 Å². The van der Waals surface area contributed by atoms with Gasteiger partial charge in [0.15, 0.2) is 0 Å². The van der Waals surface area contributed by atoms with Crippen molar-refractivity contribution < 1.29 is 4.79 Å². The summed E-state index contributed by atoms with van der Waals surface area (Å²) in [6.45, 7) is 5.00. The monoisotopic (exact) mass is 391 g/mol. The molecule has 2 fully saturated rings. The van der Waals surface area contributed by atoms with Crippen molar-refractivity contribution in [2.24, 2.45) is 34.5 Å². The molecule has 1 amide bonds. The molecule has 0 saturated heterocycles. The molecule has 0 aromatic carbocycles. The van der Waals surface area contributed by atoms with Gasteiger partial charge in [0.05, 0.1) is 0 Å². The first-order valence-corrected chi connectivity index (χ1v) is 11.3. The smallest absolute Gasteiger partial charge is 0.269 e. The number of fused-ring (bicyclic) bond motifs is 5. The number of hydrazine groups is 1. The fourth-order valence-electron chi connectivity index (χ4n) is 7.30. The van der Waals surface area contributed by atoms with Crippen LogP contribution in [-0.2, 0) is 0 Å². The predicted octanol–water partition coefficient (Wildman–Crippen LogP) is 5.02. The molecule has 1 heterocycles. The Balaban J connectivity index is 1.30. The number of carbonyl (C=O) groups is 1. The number of rotatable bonds is 3. The van der Waals surface area contributed by atoms with Gasteiger partial charge in [0.1, 0.15) is 0 Å². The van der Waals surface area contributed by atoms with E-state index in [0.717, 1.165) is 24.2 Å². The van der Waals surface area contributed by atoms with Gasteiger partial charge in [-0.3, -0.25) is 15.2 Å². The largest absolute Gasteiger partial charge is 0.302 e. The summed E-state index contributed by atoms with van der Waals surface area (Å²) < 4.78 is 0. The number of pyridine rings is 1. The predicted molar refractivity (Wildman–Crippen MR) is 115 cm³/mol. The van der Waals surface area contributed by atoms with Crippen LogP contribution in [0.2, 0.25) is 0 Å². The van der Waals surface area contributed by atoms with Gasteiger partial charge in [-0.25, -0.2) is 0 Å². The standard InChI is InChI=1S/C25H33N3O/c1-24-13-4-3-5-18(24)6-7-19-20-8-9-22(25(20,2)14-10-21(19)24)27-28-23(29)17-11-15-26-16-12-17/h3-4,9,11-12,15-16,18-21,27H,5-8,10,13-14H2,1-2H3,(H,28,29)/t18-,19-,20+,21+,24+,25-/m1/s1. The number of nitrogens with one attached hydrogen (secondary N) is 2. The zero-order valence-electron chi connectivity index (χ0n) is 17.7. The maximum Gasteiger partial charge on any atom is 0.269 e. The van der Waals surface area contributed by atoms with Crippen LogP contribution in [0.25, 0.3) is 0 Å². The Hall–Kier alpha value is -2.10. The van der Waals surface area contributed by atoms with Gasteiger partial charge in [-0.15, -0.1) is 0 Å². The van der Waals surface area contributed by atoms with Crippen molar-refractivity contribution in [3.8, 4) is 0 Å². The first kappa shape index (κ1) is 18.9. The highest BCUT2D eigenvalue weighted by molar-refractivity contribution is 5.93. The molecule has 4 aliphatic rings. The fourth-order valence-corrected chi connectivity index (χ4v) is 7.30. The molecule has 4 nitrogen and oxygen atoms in total. The van der Waals surface area contributed by atoms with E-state index < -0.39 is 0 Å². The molecule has 0 bridgehead atoms. The number of nitrogens with zero attached hydrogens (tertiary/aromatic N) is 1. The van der Waals surface area contributed by atoms with Crippen LogP contribution in [0.15, 0.2) is 48.5 Å². The van der Waals surface area contributed by atoms with Gasteiger partial charge in [-0.2, -0.15) is 0 Å². The Morgan fingerprint density at radius 3 is 2.72 bits per heavy atom. The molecule has 2 N–H and O–H groups in total. The van der Waals surface area contributed by atoms with Crippen LogP contribution >= 0.6 is 0 Å². The Morgan fingerprint density at radius 1 is 1.07 bits per heavy atom. The van der Waals surface area contributed by atoms with Gasteiger partial charge in [-0.05, 0) is 86.2 Å². The Kier molecular flexibility index (Phi) is 4.56. The molecule has 2 saturated carbocycles. The maximum atomic E-state index is 12.5. The average molecular weight is 392 g/mol. The van der Waals surface area contributed by atoms with E-state index in [2.05, 4.69) is 47.9 Å². The second kappa shape index (κ2) is 7.00. The van der Waals surface area contributed by atoms with Crippen LogP contribution in [0.3, 0.4) is 0 Å². The molecule has 5 rings (SSSR count). The molecule has 29 heavy (non-hydrogen) atoms. The zero-order chi connectivity index (χ0) is 20.1. The minimum Gasteiger partial charge on any atom is -0.302 e. The van der Waals surface area contributed by atoms with Crippen LogP contribution in [0, 0.1) is 34.5 Å². The normalized spacial score (nSPS) is 40.3. The number of hydrogen-bond donors (Lipinski definition) is 2. The van der Waals surface area contributed by atoms with E-state index >= 15 is 0 Å². The highest BCUT2D eigenvalue weighted by Crippen LogP contribution is 2.65. The average Bonchev–Trinajstić information content (AvgIpc) is 3.08. The quantitative estimate of drug-likeness (QED) is 0.562. The lowest BCUT2D eigenvalue weighted by atomic mass is 9.46. The first-order chi connectivity index (χ1) is 14.0. The molecule has 6 atom stereocenters. The lowest BCUT2D eigenvalue weighted by Gasteiger charge is -2.59. The first-order valence-electron chi connectivity index (χ1n) is 11.3. The summed E-state index contributed by atoms with van der Waals surface area (Å²) in [5, 5.41) is 0. The molecule has 1 aromatic rings. The lowest BCUT2D eigenvalue weighted by Crippen LogP contribution is -2.53. The van der Waals surface area contributed by atoms with Crippen molar-refractivity contribution in [2.75, 3.05) is 0 Å². The van der Waals surface area contributed by atoms with Crippen LogP contribution in [0.5, 0.6) is 0 Å². The molecule has 1 aromatic heterocycles. The van der Waals surface area contributed by atoms with E-state index in [1.165, 1.54) is 44.2 Å². The Labute approximate surface area is 174 Å². The highest BCUT2D eigenvalue weighted by atomic mass is 16.2. The van der Waals surface area contributed by atoms with Gasteiger partial charge in [0.25, 0.3) is 5.91 Å². The van der Waals surface area contributed by atoms with Crippen molar-refractivity contribution in [1.82, 2.24) is 15.8 Å². The molecule has 0 aliphatic heterocycles. The Bertz CT molecular complexity index is 847. The number of amides is 1. The molecule has 4 heteroatoms. The van der Waals surface area contributed by atoms with E-state index in [9.17, 15) is 4.79 Å². The van der Waals surface area contributed by atoms with Crippen molar-refractivity contribution >= 4 is 5.91 Å². The summed E-state index contributed by atoms with van der Waals surface area (Å²) in [6, 6.07) is 3.49. The summed E-state index contributed by atoms with van der Waals surface area (Å²) >= 11 is 0. The van der Waals surface area contributed by atoms with Crippen LogP contribution < -0.4 is 10.9 Å². The van der Waals surface area contributed by atoms with Crippen molar-refractivity contribution in [3.63, 3.8) is 0 Å². The second-order valence-corrected chi connectivity index (χ2v) is 10.2. The minimum absolute atomic E-state index is 0.101. The number of aromatic nitrogens is 1. The van der Waals surface area contributed by atoms with Crippen LogP contribution in [0.4, 0.5) is 0 Å². The van der Waals surface area contributed by atoms with Gasteiger partial charge in [0.2, 0.25) is 0 Å². The molecule has 4 aliphatic carbocycles. The van der Waals surface area contributed by atoms with Crippen molar-refractivity contribution in [1.29, 1.82) is 0 Å². The summed E-state index contributed by atoms with van der Waals surface area (Å²) in [4.78, 5) is 16.4. The van der Waals surface area contributed by atoms with Crippen molar-refractivity contribution in [2.45, 2.75) is 58.8 Å². The molecule has 154 valence electrons. The third-order valence-electron chi connectivity index (χ3n) is 9.04. The molecular formula is C25H33N3O. The zero-order valence-corrected chi connectivity index (χ0v) is 17.7. The van der Waals surface area contributed by atoms with Crippen molar-refractivity contribution in [3.05, 3.63) is 54.0 Å². The fraction of sp³-hybridized carbons (Fsp3) is 0.600. The van der Waals surface area contributed by atoms with Gasteiger partial charge >= 0.3 is 0 Å².